The molecule has 11 nitrogen and oxygen atoms in total. The van der Waals surface area contributed by atoms with Gasteiger partial charge in [0.2, 0.25) is 5.71 Å². The largest absolute Gasteiger partial charge is 0.477 e. The number of aliphatic carboxylic acids is 1. The van der Waals surface area contributed by atoms with Gasteiger partial charge in [-0.15, -0.1) is 11.8 Å². The Morgan fingerprint density at radius 1 is 1.45 bits per heavy atom. The van der Waals surface area contributed by atoms with Crippen LogP contribution in [0.1, 0.15) is 12.7 Å². The normalized spacial score (nSPS) is 21.2. The predicted octanol–water partition coefficient (Wildman–Crippen LogP) is -0.0682. The summed E-state index contributed by atoms with van der Waals surface area (Å²) in [4.78, 5) is 53.6. The number of nitrogens with one attached hydrogen (secondary N) is 1. The molecular weight excluding hydrogens is 406 g/mol. The van der Waals surface area contributed by atoms with E-state index in [2.05, 4.69) is 15.3 Å². The number of carbonyl (C=O) groups is 4. The van der Waals surface area contributed by atoms with Crippen molar-refractivity contribution >= 4 is 41.2 Å². The number of amides is 2. The number of carbonyl (C=O) groups excluding carboxylic acids is 3. The lowest BCUT2D eigenvalue weighted by atomic mass is 10.0. The molecule has 0 bridgehead atoms. The highest BCUT2D eigenvalue weighted by atomic mass is 32.2. The van der Waals surface area contributed by atoms with Crippen LogP contribution in [0.15, 0.2) is 39.2 Å². The highest BCUT2D eigenvalue weighted by Gasteiger charge is 2.54. The van der Waals surface area contributed by atoms with Crippen LogP contribution in [0.25, 0.3) is 0 Å². The summed E-state index contributed by atoms with van der Waals surface area (Å²) in [6, 6.07) is 2.12. The molecule has 12 heteroatoms. The van der Waals surface area contributed by atoms with Crippen LogP contribution in [-0.2, 0) is 28.8 Å². The molecular formula is C17H17N3O8S. The van der Waals surface area contributed by atoms with E-state index in [1.165, 1.54) is 38.1 Å². The molecule has 154 valence electrons. The van der Waals surface area contributed by atoms with Gasteiger partial charge in [-0.3, -0.25) is 19.3 Å². The lowest BCUT2D eigenvalue weighted by Gasteiger charge is -2.49. The van der Waals surface area contributed by atoms with Gasteiger partial charge in [0.25, 0.3) is 11.8 Å². The monoisotopic (exact) mass is 423 g/mol. The number of nitrogens with zero attached hydrogens (tertiary/aromatic N) is 2. The molecule has 2 aliphatic heterocycles. The second kappa shape index (κ2) is 8.39. The van der Waals surface area contributed by atoms with Crippen LogP contribution in [0.3, 0.4) is 0 Å². The fourth-order valence-corrected chi connectivity index (χ4v) is 4.22. The molecule has 3 rings (SSSR count). The van der Waals surface area contributed by atoms with Gasteiger partial charge >= 0.3 is 11.9 Å². The minimum atomic E-state index is -1.31. The molecule has 0 aliphatic carbocycles. The Hall–Kier alpha value is -3.28. The van der Waals surface area contributed by atoms with Crippen molar-refractivity contribution < 1.29 is 38.3 Å². The Kier molecular flexibility index (Phi) is 5.92. The van der Waals surface area contributed by atoms with Crippen molar-refractivity contribution in [1.82, 2.24) is 10.2 Å². The predicted molar refractivity (Wildman–Crippen MR) is 98.6 cm³/mol. The molecule has 1 aromatic heterocycles. The molecule has 0 unspecified atom stereocenters. The molecule has 2 N–H and O–H groups in total. The van der Waals surface area contributed by atoms with Crippen LogP contribution >= 0.6 is 11.8 Å². The first-order valence-electron chi connectivity index (χ1n) is 8.34. The zero-order valence-electron chi connectivity index (χ0n) is 15.4. The highest BCUT2D eigenvalue weighted by Crippen LogP contribution is 2.40. The van der Waals surface area contributed by atoms with Crippen molar-refractivity contribution in [2.75, 3.05) is 19.5 Å². The first-order valence-corrected chi connectivity index (χ1v) is 9.39. The van der Waals surface area contributed by atoms with E-state index in [0.717, 1.165) is 4.90 Å². The number of β-lactam (4-membered cyclic amide) rings is 1. The van der Waals surface area contributed by atoms with Crippen molar-refractivity contribution in [1.29, 1.82) is 0 Å². The fraction of sp³-hybridized carbons (Fsp3) is 0.353. The van der Waals surface area contributed by atoms with E-state index < -0.39 is 35.2 Å². The number of hydrogen-bond donors (Lipinski definition) is 2. The molecule has 2 amide bonds. The number of fused-ring (bicyclic) bond motifs is 1. The SMILES string of the molecule is CON=C(C(=O)N[C@@H]1C(=O)N2C(C(=O)O)=C(COC(C)=O)CS[C@@H]12)c1ccco1. The molecule has 1 saturated heterocycles. The van der Waals surface area contributed by atoms with Gasteiger partial charge < -0.3 is 24.4 Å². The van der Waals surface area contributed by atoms with Gasteiger partial charge in [0.1, 0.15) is 30.8 Å². The second-order valence-electron chi connectivity index (χ2n) is 6.00. The zero-order chi connectivity index (χ0) is 21.1. The Morgan fingerprint density at radius 3 is 2.79 bits per heavy atom. The maximum atomic E-state index is 12.6. The molecule has 1 fully saturated rings. The molecule has 3 heterocycles. The number of oxime groups is 1. The molecule has 0 saturated carbocycles. The van der Waals surface area contributed by atoms with Gasteiger partial charge in [0.05, 0.1) is 6.26 Å². The average molecular weight is 423 g/mol. The van der Waals surface area contributed by atoms with Crippen LogP contribution in [-0.4, -0.2) is 70.4 Å². The third-order valence-corrected chi connectivity index (χ3v) is 5.48. The van der Waals surface area contributed by atoms with Crippen molar-refractivity contribution in [3.63, 3.8) is 0 Å². The minimum absolute atomic E-state index is 0.152. The Bertz CT molecular complexity index is 908. The number of hydrogen-bond acceptors (Lipinski definition) is 9. The first kappa shape index (κ1) is 20.5. The van der Waals surface area contributed by atoms with Gasteiger partial charge in [0.15, 0.2) is 5.76 Å². The summed E-state index contributed by atoms with van der Waals surface area (Å²) in [7, 11) is 1.26. The van der Waals surface area contributed by atoms with Gasteiger partial charge in [-0.1, -0.05) is 5.16 Å². The van der Waals surface area contributed by atoms with Crippen LogP contribution in [0.5, 0.6) is 0 Å². The molecule has 0 spiro atoms. The number of furan rings is 1. The summed E-state index contributed by atoms with van der Waals surface area (Å²) in [6.45, 7) is 0.985. The standard InChI is InChI=1S/C17H17N3O8S/c1-8(21)28-6-9-7-29-16-12(15(23)20(16)13(9)17(24)25)18-14(22)11(19-26-2)10-4-3-5-27-10/h3-5,12,16H,6-7H2,1-2H3,(H,18,22)(H,24,25)/t12-,16+/m1/s1. The Morgan fingerprint density at radius 2 is 2.21 bits per heavy atom. The summed E-state index contributed by atoms with van der Waals surface area (Å²) in [6.07, 6.45) is 1.36. The van der Waals surface area contributed by atoms with E-state index >= 15 is 0 Å². The number of rotatable bonds is 7. The van der Waals surface area contributed by atoms with E-state index in [4.69, 9.17) is 9.15 Å². The molecule has 2 aliphatic rings. The van der Waals surface area contributed by atoms with Crippen molar-refractivity contribution in [3.05, 3.63) is 35.4 Å². The van der Waals surface area contributed by atoms with Gasteiger partial charge in [-0.05, 0) is 12.1 Å². The van der Waals surface area contributed by atoms with Crippen molar-refractivity contribution in [2.24, 2.45) is 5.16 Å². The maximum absolute atomic E-state index is 12.6. The molecule has 0 radical (unpaired) electrons. The average Bonchev–Trinajstić information content (AvgIpc) is 3.21. The fourth-order valence-electron chi connectivity index (χ4n) is 2.90. The number of carboxylic acids is 1. The van der Waals surface area contributed by atoms with Crippen LogP contribution in [0, 0.1) is 0 Å². The summed E-state index contributed by atoms with van der Waals surface area (Å²) in [5.74, 6) is -2.78. The summed E-state index contributed by atoms with van der Waals surface area (Å²) in [5.41, 5.74) is -0.0827. The van der Waals surface area contributed by atoms with E-state index in [1.807, 2.05) is 0 Å². The van der Waals surface area contributed by atoms with Gasteiger partial charge in [-0.2, -0.15) is 0 Å². The zero-order valence-corrected chi connectivity index (χ0v) is 16.2. The van der Waals surface area contributed by atoms with E-state index in [9.17, 15) is 24.3 Å². The second-order valence-corrected chi connectivity index (χ2v) is 7.10. The number of carboxylic acid groups (broad SMARTS) is 1. The third-order valence-electron chi connectivity index (χ3n) is 4.14. The van der Waals surface area contributed by atoms with Crippen LogP contribution < -0.4 is 5.32 Å². The number of esters is 1. The van der Waals surface area contributed by atoms with E-state index in [1.54, 1.807) is 6.07 Å². The number of thioether (sulfide) groups is 1. The lowest BCUT2D eigenvalue weighted by molar-refractivity contribution is -0.150. The maximum Gasteiger partial charge on any atom is 0.352 e. The highest BCUT2D eigenvalue weighted by molar-refractivity contribution is 8.00. The van der Waals surface area contributed by atoms with E-state index in [0.29, 0.717) is 5.57 Å². The quantitative estimate of drug-likeness (QED) is 0.266. The lowest BCUT2D eigenvalue weighted by Crippen LogP contribution is -2.71. The van der Waals surface area contributed by atoms with Crippen LogP contribution in [0.2, 0.25) is 0 Å². The van der Waals surface area contributed by atoms with Gasteiger partial charge in [-0.25, -0.2) is 4.79 Å². The van der Waals surface area contributed by atoms with E-state index in [-0.39, 0.29) is 29.5 Å². The van der Waals surface area contributed by atoms with Crippen molar-refractivity contribution in [2.45, 2.75) is 18.3 Å². The summed E-state index contributed by atoms with van der Waals surface area (Å²) in [5, 5.41) is 15.1. The van der Waals surface area contributed by atoms with Gasteiger partial charge in [0, 0.05) is 18.2 Å². The molecule has 0 aromatic carbocycles. The van der Waals surface area contributed by atoms with Crippen molar-refractivity contribution in [3.8, 4) is 0 Å². The molecule has 29 heavy (non-hydrogen) atoms. The minimum Gasteiger partial charge on any atom is -0.477 e. The summed E-state index contributed by atoms with van der Waals surface area (Å²) >= 11 is 1.25. The Balaban J connectivity index is 1.77. The molecule has 2 atom stereocenters. The number of ether oxygens (including phenoxy) is 1. The summed E-state index contributed by atoms with van der Waals surface area (Å²) < 4.78 is 10.0. The molecule has 1 aromatic rings. The first-order chi connectivity index (χ1) is 13.8. The van der Waals surface area contributed by atoms with Crippen LogP contribution in [0.4, 0.5) is 0 Å². The topological polar surface area (TPSA) is 148 Å². The third kappa shape index (κ3) is 3.97. The smallest absolute Gasteiger partial charge is 0.352 e. The Labute approximate surface area is 168 Å².